The maximum Gasteiger partial charge on any atom is -0.0331 e. The molecule has 0 radical (unpaired) electrons. The van der Waals surface area contributed by atoms with Crippen LogP contribution in [0, 0.1) is 11.3 Å². The molecule has 0 fully saturated rings. The molecule has 0 unspecified atom stereocenters. The van der Waals surface area contributed by atoms with Crippen LogP contribution in [-0.2, 0) is 0 Å². The van der Waals surface area contributed by atoms with Crippen LogP contribution in [0.25, 0.3) is 0 Å². The standard InChI is InChI=1S/C22H46/c1-6-7-8-9-10-11-12-13-14-15-16-17-18-19-20-22(4,5)21(2)3/h21H,6-20H2,1-5H3. The number of hydrogen-bond donors (Lipinski definition) is 0. The van der Waals surface area contributed by atoms with E-state index in [2.05, 4.69) is 34.6 Å². The summed E-state index contributed by atoms with van der Waals surface area (Å²) >= 11 is 0. The highest BCUT2D eigenvalue weighted by Crippen LogP contribution is 2.32. The summed E-state index contributed by atoms with van der Waals surface area (Å²) in [4.78, 5) is 0. The molecule has 0 rings (SSSR count). The van der Waals surface area contributed by atoms with Crippen LogP contribution in [-0.4, -0.2) is 0 Å². The lowest BCUT2D eigenvalue weighted by Crippen LogP contribution is -2.18. The van der Waals surface area contributed by atoms with Gasteiger partial charge in [0, 0.05) is 0 Å². The molecule has 0 atom stereocenters. The van der Waals surface area contributed by atoms with Crippen molar-refractivity contribution in [2.45, 2.75) is 131 Å². The summed E-state index contributed by atoms with van der Waals surface area (Å²) in [5.41, 5.74) is 0.539. The van der Waals surface area contributed by atoms with Gasteiger partial charge in [-0.25, -0.2) is 0 Å². The lowest BCUT2D eigenvalue weighted by molar-refractivity contribution is 0.221. The van der Waals surface area contributed by atoms with Gasteiger partial charge in [0.1, 0.15) is 0 Å². The van der Waals surface area contributed by atoms with Crippen molar-refractivity contribution < 1.29 is 0 Å². The Balaban J connectivity index is 3.15. The lowest BCUT2D eigenvalue weighted by Gasteiger charge is -2.29. The van der Waals surface area contributed by atoms with Crippen LogP contribution in [0.1, 0.15) is 131 Å². The van der Waals surface area contributed by atoms with Gasteiger partial charge in [-0.3, -0.25) is 0 Å². The Hall–Kier alpha value is 0. The molecule has 0 heterocycles. The molecule has 0 aromatic heterocycles. The zero-order chi connectivity index (χ0) is 16.7. The normalized spacial score (nSPS) is 12.3. The molecule has 0 aromatic rings. The fraction of sp³-hybridized carbons (Fsp3) is 1.00. The van der Waals surface area contributed by atoms with Gasteiger partial charge < -0.3 is 0 Å². The lowest BCUT2D eigenvalue weighted by atomic mass is 9.77. The molecule has 0 aliphatic heterocycles. The van der Waals surface area contributed by atoms with Crippen molar-refractivity contribution in [1.82, 2.24) is 0 Å². The van der Waals surface area contributed by atoms with E-state index in [0.29, 0.717) is 5.41 Å². The van der Waals surface area contributed by atoms with E-state index < -0.39 is 0 Å². The zero-order valence-electron chi connectivity index (χ0n) is 16.7. The quantitative estimate of drug-likeness (QED) is 0.250. The third kappa shape index (κ3) is 13.6. The second-order valence-electron chi connectivity index (χ2n) is 8.49. The van der Waals surface area contributed by atoms with Crippen molar-refractivity contribution in [2.75, 3.05) is 0 Å². The largest absolute Gasteiger partial charge is 0.0654 e. The predicted molar refractivity (Wildman–Crippen MR) is 104 cm³/mol. The highest BCUT2D eigenvalue weighted by atomic mass is 14.3. The third-order valence-electron chi connectivity index (χ3n) is 5.74. The van der Waals surface area contributed by atoms with Crippen molar-refractivity contribution >= 4 is 0 Å². The van der Waals surface area contributed by atoms with E-state index in [0.717, 1.165) is 5.92 Å². The van der Waals surface area contributed by atoms with Gasteiger partial charge in [-0.1, -0.05) is 125 Å². The molecule has 134 valence electrons. The van der Waals surface area contributed by atoms with E-state index in [4.69, 9.17) is 0 Å². The fourth-order valence-electron chi connectivity index (χ4n) is 3.06. The molecule has 0 aliphatic carbocycles. The first kappa shape index (κ1) is 22.0. The van der Waals surface area contributed by atoms with Gasteiger partial charge in [-0.2, -0.15) is 0 Å². The van der Waals surface area contributed by atoms with Crippen LogP contribution < -0.4 is 0 Å². The van der Waals surface area contributed by atoms with Crippen LogP contribution in [0.3, 0.4) is 0 Å². The van der Waals surface area contributed by atoms with Crippen LogP contribution in [0.5, 0.6) is 0 Å². The van der Waals surface area contributed by atoms with E-state index >= 15 is 0 Å². The van der Waals surface area contributed by atoms with Gasteiger partial charge in [0.25, 0.3) is 0 Å². The smallest absolute Gasteiger partial charge is 0.0331 e. The first-order chi connectivity index (χ1) is 10.5. The van der Waals surface area contributed by atoms with Crippen molar-refractivity contribution in [1.29, 1.82) is 0 Å². The van der Waals surface area contributed by atoms with E-state index in [9.17, 15) is 0 Å². The molecular formula is C22H46. The maximum atomic E-state index is 2.43. The second-order valence-corrected chi connectivity index (χ2v) is 8.49. The van der Waals surface area contributed by atoms with Crippen molar-refractivity contribution in [3.63, 3.8) is 0 Å². The average Bonchev–Trinajstić information content (AvgIpc) is 2.47. The molecule has 0 amide bonds. The van der Waals surface area contributed by atoms with Crippen LogP contribution in [0.15, 0.2) is 0 Å². The molecule has 0 nitrogen and oxygen atoms in total. The Morgan fingerprint density at radius 2 is 0.864 bits per heavy atom. The van der Waals surface area contributed by atoms with E-state index in [1.54, 1.807) is 0 Å². The van der Waals surface area contributed by atoms with E-state index in [1.165, 1.54) is 96.3 Å². The molecule has 22 heavy (non-hydrogen) atoms. The highest BCUT2D eigenvalue weighted by molar-refractivity contribution is 4.71. The fourth-order valence-corrected chi connectivity index (χ4v) is 3.06. The minimum atomic E-state index is 0.539. The first-order valence-electron chi connectivity index (χ1n) is 10.5. The van der Waals surface area contributed by atoms with Crippen molar-refractivity contribution in [3.8, 4) is 0 Å². The molecule has 0 bridgehead atoms. The minimum absolute atomic E-state index is 0.539. The molecule has 0 spiro atoms. The Morgan fingerprint density at radius 1 is 0.545 bits per heavy atom. The topological polar surface area (TPSA) is 0 Å². The van der Waals surface area contributed by atoms with Gasteiger partial charge >= 0.3 is 0 Å². The SMILES string of the molecule is CCCCCCCCCCCCCCCCC(C)(C)C(C)C. The Bertz CT molecular complexity index is 214. The van der Waals surface area contributed by atoms with Gasteiger partial charge in [-0.05, 0) is 17.8 Å². The average molecular weight is 311 g/mol. The molecule has 0 aromatic carbocycles. The minimum Gasteiger partial charge on any atom is -0.0654 e. The summed E-state index contributed by atoms with van der Waals surface area (Å²) in [6.07, 6.45) is 21.8. The molecule has 0 heteroatoms. The van der Waals surface area contributed by atoms with Crippen molar-refractivity contribution in [3.05, 3.63) is 0 Å². The Morgan fingerprint density at radius 3 is 1.18 bits per heavy atom. The highest BCUT2D eigenvalue weighted by Gasteiger charge is 2.20. The monoisotopic (exact) mass is 310 g/mol. The Kier molecular flexibility index (Phi) is 14.6. The summed E-state index contributed by atoms with van der Waals surface area (Å²) in [6.45, 7) is 11.9. The van der Waals surface area contributed by atoms with Gasteiger partial charge in [0.2, 0.25) is 0 Å². The molecule has 0 N–H and O–H groups in total. The summed E-state index contributed by atoms with van der Waals surface area (Å²) < 4.78 is 0. The van der Waals surface area contributed by atoms with E-state index in [1.807, 2.05) is 0 Å². The van der Waals surface area contributed by atoms with Crippen LogP contribution >= 0.6 is 0 Å². The zero-order valence-corrected chi connectivity index (χ0v) is 16.7. The van der Waals surface area contributed by atoms with Crippen LogP contribution in [0.2, 0.25) is 0 Å². The first-order valence-corrected chi connectivity index (χ1v) is 10.5. The van der Waals surface area contributed by atoms with Gasteiger partial charge in [0.05, 0.1) is 0 Å². The van der Waals surface area contributed by atoms with Crippen molar-refractivity contribution in [2.24, 2.45) is 11.3 Å². The summed E-state index contributed by atoms with van der Waals surface area (Å²) in [5, 5.41) is 0. The molecule has 0 saturated heterocycles. The molecule has 0 saturated carbocycles. The molecular weight excluding hydrogens is 264 g/mol. The van der Waals surface area contributed by atoms with Gasteiger partial charge in [0.15, 0.2) is 0 Å². The summed E-state index contributed by atoms with van der Waals surface area (Å²) in [6, 6.07) is 0. The maximum absolute atomic E-state index is 2.43. The van der Waals surface area contributed by atoms with E-state index in [-0.39, 0.29) is 0 Å². The van der Waals surface area contributed by atoms with Crippen LogP contribution in [0.4, 0.5) is 0 Å². The predicted octanol–water partition coefficient (Wildman–Crippen LogP) is 8.54. The second kappa shape index (κ2) is 14.6. The summed E-state index contributed by atoms with van der Waals surface area (Å²) in [5.74, 6) is 0.814. The summed E-state index contributed by atoms with van der Waals surface area (Å²) in [7, 11) is 0. The number of rotatable bonds is 16. The number of hydrogen-bond acceptors (Lipinski definition) is 0. The number of unbranched alkanes of at least 4 members (excludes halogenated alkanes) is 13. The molecule has 0 aliphatic rings. The van der Waals surface area contributed by atoms with Gasteiger partial charge in [-0.15, -0.1) is 0 Å². The third-order valence-corrected chi connectivity index (χ3v) is 5.74. The Labute approximate surface area is 142 Å².